The normalized spacial score (nSPS) is 17.5. The van der Waals surface area contributed by atoms with Crippen LogP contribution in [0.2, 0.25) is 0 Å². The smallest absolute Gasteiger partial charge is 0.293 e. The van der Waals surface area contributed by atoms with Crippen LogP contribution in [-0.4, -0.2) is 46.8 Å². The molecule has 3 amide bonds. The maximum absolute atomic E-state index is 13.2. The van der Waals surface area contributed by atoms with Crippen LogP contribution in [0.4, 0.5) is 4.79 Å². The number of fused-ring (bicyclic) bond motifs is 3. The van der Waals surface area contributed by atoms with Crippen LogP contribution in [0.15, 0.2) is 47.4 Å². The zero-order chi connectivity index (χ0) is 23.9. The Labute approximate surface area is 205 Å². The van der Waals surface area contributed by atoms with Crippen molar-refractivity contribution < 1.29 is 23.9 Å². The van der Waals surface area contributed by atoms with Gasteiger partial charge in [0.15, 0.2) is 11.5 Å². The molecule has 1 aromatic heterocycles. The van der Waals surface area contributed by atoms with Crippen LogP contribution >= 0.6 is 11.8 Å². The molecule has 8 nitrogen and oxygen atoms in total. The summed E-state index contributed by atoms with van der Waals surface area (Å²) in [6.45, 7) is 0.429. The molecule has 3 heterocycles. The third-order valence-corrected chi connectivity index (χ3v) is 7.24. The minimum absolute atomic E-state index is 0.0973. The van der Waals surface area contributed by atoms with Gasteiger partial charge in [-0.05, 0) is 66.4 Å². The standard InChI is InChI=1S/C26H21N3O5S/c30-24(23-16-4-1-2-6-18(16)28-19-7-3-5-17(19)23)27-10-11-29-25(31)22(35-26(29)32)13-15-8-9-20-21(12-15)34-14-33-20/h1-2,4,6,8-9,12-13H,3,5,7,10-11,14H2,(H,27,30)/b22-13-. The average Bonchev–Trinajstić information content (AvgIpc) is 3.58. The summed E-state index contributed by atoms with van der Waals surface area (Å²) in [6.07, 6.45) is 4.33. The van der Waals surface area contributed by atoms with E-state index in [-0.39, 0.29) is 36.9 Å². The number of imide groups is 1. The lowest BCUT2D eigenvalue weighted by Crippen LogP contribution is -2.37. The van der Waals surface area contributed by atoms with Crippen LogP contribution in [0.3, 0.4) is 0 Å². The van der Waals surface area contributed by atoms with Gasteiger partial charge in [0.1, 0.15) is 0 Å². The van der Waals surface area contributed by atoms with Gasteiger partial charge in [-0.15, -0.1) is 0 Å². The molecule has 35 heavy (non-hydrogen) atoms. The summed E-state index contributed by atoms with van der Waals surface area (Å²) in [5, 5.41) is 3.38. The van der Waals surface area contributed by atoms with Crippen molar-refractivity contribution >= 4 is 45.8 Å². The molecular formula is C26H21N3O5S. The largest absolute Gasteiger partial charge is 0.454 e. The molecule has 1 fully saturated rings. The monoisotopic (exact) mass is 487 g/mol. The van der Waals surface area contributed by atoms with Crippen molar-refractivity contribution in [3.63, 3.8) is 0 Å². The van der Waals surface area contributed by atoms with E-state index in [1.807, 2.05) is 24.3 Å². The van der Waals surface area contributed by atoms with Gasteiger partial charge in [-0.1, -0.05) is 24.3 Å². The number of nitrogens with one attached hydrogen (secondary N) is 1. The highest BCUT2D eigenvalue weighted by atomic mass is 32.2. The zero-order valence-electron chi connectivity index (χ0n) is 18.7. The molecule has 2 aromatic carbocycles. The van der Waals surface area contributed by atoms with Crippen LogP contribution in [-0.2, 0) is 17.6 Å². The molecule has 0 saturated carbocycles. The van der Waals surface area contributed by atoms with Gasteiger partial charge in [-0.3, -0.25) is 24.3 Å². The predicted octanol–water partition coefficient (Wildman–Crippen LogP) is 3.92. The number of hydrogen-bond acceptors (Lipinski definition) is 7. The SMILES string of the molecule is O=C(NCCN1C(=O)S/C(=C\c2ccc3c(c2)OCO3)C1=O)c1c2c(nc3ccccc13)CCC2. The van der Waals surface area contributed by atoms with Crippen LogP contribution in [0.5, 0.6) is 11.5 Å². The Balaban J connectivity index is 1.15. The Kier molecular flexibility index (Phi) is 5.41. The number of para-hydroxylation sites is 1. The Hall–Kier alpha value is -3.85. The number of carbonyl (C=O) groups excluding carboxylic acids is 3. The van der Waals surface area contributed by atoms with E-state index in [1.165, 1.54) is 4.90 Å². The minimum Gasteiger partial charge on any atom is -0.454 e. The Bertz CT molecular complexity index is 1430. The van der Waals surface area contributed by atoms with Crippen molar-refractivity contribution in [1.82, 2.24) is 15.2 Å². The molecule has 0 spiro atoms. The van der Waals surface area contributed by atoms with Gasteiger partial charge in [0.05, 0.1) is 16.0 Å². The highest BCUT2D eigenvalue weighted by Gasteiger charge is 2.35. The first kappa shape index (κ1) is 21.7. The number of aromatic nitrogens is 1. The van der Waals surface area contributed by atoms with E-state index in [0.29, 0.717) is 22.0 Å². The summed E-state index contributed by atoms with van der Waals surface area (Å²) in [5.41, 5.74) is 4.18. The molecule has 3 aliphatic rings. The third-order valence-electron chi connectivity index (χ3n) is 6.34. The third kappa shape index (κ3) is 3.91. The van der Waals surface area contributed by atoms with Gasteiger partial charge in [0.2, 0.25) is 6.79 Å². The Morgan fingerprint density at radius 1 is 1.11 bits per heavy atom. The molecule has 0 radical (unpaired) electrons. The quantitative estimate of drug-likeness (QED) is 0.545. The molecular weight excluding hydrogens is 466 g/mol. The van der Waals surface area contributed by atoms with E-state index < -0.39 is 0 Å². The van der Waals surface area contributed by atoms with Crippen molar-refractivity contribution in [3.05, 3.63) is 69.8 Å². The fraction of sp³-hybridized carbons (Fsp3) is 0.231. The second-order valence-electron chi connectivity index (χ2n) is 8.48. The molecule has 176 valence electrons. The first-order valence-corrected chi connectivity index (χ1v) is 12.2. The van der Waals surface area contributed by atoms with Gasteiger partial charge >= 0.3 is 0 Å². The maximum atomic E-state index is 13.2. The number of nitrogens with zero attached hydrogens (tertiary/aromatic N) is 2. The van der Waals surface area contributed by atoms with Crippen LogP contribution in [0.25, 0.3) is 17.0 Å². The lowest BCUT2D eigenvalue weighted by molar-refractivity contribution is -0.122. The number of amides is 3. The Morgan fingerprint density at radius 2 is 1.97 bits per heavy atom. The molecule has 2 aliphatic heterocycles. The highest BCUT2D eigenvalue weighted by molar-refractivity contribution is 8.18. The van der Waals surface area contributed by atoms with Crippen molar-refractivity contribution in [2.75, 3.05) is 19.9 Å². The topological polar surface area (TPSA) is 97.8 Å². The molecule has 1 N–H and O–H groups in total. The van der Waals surface area contributed by atoms with E-state index in [9.17, 15) is 14.4 Å². The van der Waals surface area contributed by atoms with Crippen LogP contribution < -0.4 is 14.8 Å². The summed E-state index contributed by atoms with van der Waals surface area (Å²) in [4.78, 5) is 44.8. The zero-order valence-corrected chi connectivity index (χ0v) is 19.5. The second-order valence-corrected chi connectivity index (χ2v) is 9.48. The van der Waals surface area contributed by atoms with Crippen molar-refractivity contribution in [1.29, 1.82) is 0 Å². The highest BCUT2D eigenvalue weighted by Crippen LogP contribution is 2.36. The fourth-order valence-electron chi connectivity index (χ4n) is 4.69. The number of thioether (sulfide) groups is 1. The molecule has 1 saturated heterocycles. The number of hydrogen-bond donors (Lipinski definition) is 1. The average molecular weight is 488 g/mol. The molecule has 6 rings (SSSR count). The summed E-state index contributed by atoms with van der Waals surface area (Å²) >= 11 is 0.889. The molecule has 3 aromatic rings. The van der Waals surface area contributed by atoms with Gasteiger partial charge < -0.3 is 14.8 Å². The predicted molar refractivity (Wildman–Crippen MR) is 131 cm³/mol. The maximum Gasteiger partial charge on any atom is 0.293 e. The van der Waals surface area contributed by atoms with Crippen LogP contribution in [0.1, 0.15) is 33.6 Å². The van der Waals surface area contributed by atoms with Crippen molar-refractivity contribution in [3.8, 4) is 11.5 Å². The van der Waals surface area contributed by atoms with E-state index in [4.69, 9.17) is 14.5 Å². The van der Waals surface area contributed by atoms with E-state index in [2.05, 4.69) is 5.32 Å². The number of carbonyl (C=O) groups is 3. The number of pyridine rings is 1. The lowest BCUT2D eigenvalue weighted by Gasteiger charge is -2.15. The first-order valence-electron chi connectivity index (χ1n) is 11.4. The number of benzene rings is 2. The van der Waals surface area contributed by atoms with E-state index in [1.54, 1.807) is 24.3 Å². The van der Waals surface area contributed by atoms with Gasteiger partial charge in [0.25, 0.3) is 17.1 Å². The Morgan fingerprint density at radius 3 is 2.89 bits per heavy atom. The van der Waals surface area contributed by atoms with Gasteiger partial charge in [-0.25, -0.2) is 0 Å². The lowest BCUT2D eigenvalue weighted by atomic mass is 10.0. The van der Waals surface area contributed by atoms with Crippen LogP contribution in [0, 0.1) is 0 Å². The molecule has 0 bridgehead atoms. The van der Waals surface area contributed by atoms with Crippen molar-refractivity contribution in [2.45, 2.75) is 19.3 Å². The summed E-state index contributed by atoms with van der Waals surface area (Å²) in [5.74, 6) is 0.682. The fourth-order valence-corrected chi connectivity index (χ4v) is 5.55. The molecule has 0 atom stereocenters. The molecule has 9 heteroatoms. The summed E-state index contributed by atoms with van der Waals surface area (Å²) in [7, 11) is 0. The molecule has 0 unspecified atom stereocenters. The summed E-state index contributed by atoms with van der Waals surface area (Å²) in [6, 6.07) is 13.0. The first-order chi connectivity index (χ1) is 17.1. The van der Waals surface area contributed by atoms with E-state index in [0.717, 1.165) is 58.7 Å². The van der Waals surface area contributed by atoms with Gasteiger partial charge in [-0.2, -0.15) is 0 Å². The van der Waals surface area contributed by atoms with Gasteiger partial charge in [0, 0.05) is 24.2 Å². The van der Waals surface area contributed by atoms with E-state index >= 15 is 0 Å². The number of rotatable bonds is 5. The second kappa shape index (κ2) is 8.74. The van der Waals surface area contributed by atoms with Crippen molar-refractivity contribution in [2.24, 2.45) is 0 Å². The number of ether oxygens (including phenoxy) is 2. The number of aryl methyl sites for hydroxylation is 1. The molecule has 1 aliphatic carbocycles. The minimum atomic E-state index is -0.373. The summed E-state index contributed by atoms with van der Waals surface area (Å²) < 4.78 is 10.7.